The molecule has 4 nitrogen and oxygen atoms in total. The average molecular weight is 180 g/mol. The van der Waals surface area contributed by atoms with Crippen LogP contribution in [0.5, 0.6) is 0 Å². The lowest BCUT2D eigenvalue weighted by Crippen LogP contribution is -2.29. The molecule has 0 radical (unpaired) electrons. The largest absolute Gasteiger partial charge is 0.330 e. The Kier molecular flexibility index (Phi) is 2.49. The normalized spacial score (nSPS) is 16.8. The van der Waals surface area contributed by atoms with Gasteiger partial charge in [0.05, 0.1) is 5.69 Å². The molecule has 1 fully saturated rings. The molecule has 1 aromatic heterocycles. The van der Waals surface area contributed by atoms with E-state index in [0.717, 1.165) is 25.2 Å². The van der Waals surface area contributed by atoms with Gasteiger partial charge < -0.3 is 10.7 Å². The Balaban J connectivity index is 2.03. The first-order valence-corrected chi connectivity index (χ1v) is 4.88. The van der Waals surface area contributed by atoms with Crippen molar-refractivity contribution in [1.29, 1.82) is 0 Å². The maximum Gasteiger partial charge on any atom is 0.114 e. The molecule has 1 saturated heterocycles. The lowest BCUT2D eigenvalue weighted by Gasteiger charge is -2.17. The molecular formula is C9H16N4. The predicted octanol–water partition coefficient (Wildman–Crippen LogP) is 0.116. The molecule has 0 aromatic carbocycles. The number of nitrogens with zero attached hydrogens (tertiary/aromatic N) is 3. The summed E-state index contributed by atoms with van der Waals surface area (Å²) in [5.41, 5.74) is 6.55. The van der Waals surface area contributed by atoms with Gasteiger partial charge in [0, 0.05) is 25.7 Å². The summed E-state index contributed by atoms with van der Waals surface area (Å²) in [4.78, 5) is 4.29. The summed E-state index contributed by atoms with van der Waals surface area (Å²) in [6.07, 6.45) is 7.43. The third kappa shape index (κ3) is 1.83. The van der Waals surface area contributed by atoms with Gasteiger partial charge in [0.2, 0.25) is 0 Å². The van der Waals surface area contributed by atoms with Gasteiger partial charge in [0.25, 0.3) is 0 Å². The molecule has 2 heterocycles. The Labute approximate surface area is 78.3 Å². The van der Waals surface area contributed by atoms with Crippen molar-refractivity contribution >= 4 is 0 Å². The summed E-state index contributed by atoms with van der Waals surface area (Å²) in [5, 5.41) is 2.31. The SMILES string of the molecule is NCCc1cn(N2CCCC2)cn1. The second-order valence-electron chi connectivity index (χ2n) is 3.44. The maximum absolute atomic E-state index is 5.46. The highest BCUT2D eigenvalue weighted by molar-refractivity contribution is 5.02. The van der Waals surface area contributed by atoms with Gasteiger partial charge in [-0.1, -0.05) is 0 Å². The molecule has 0 atom stereocenters. The number of nitrogens with two attached hydrogens (primary N) is 1. The molecule has 0 spiro atoms. The van der Waals surface area contributed by atoms with Crippen LogP contribution in [0, 0.1) is 0 Å². The number of hydrogen-bond acceptors (Lipinski definition) is 3. The number of imidazole rings is 1. The topological polar surface area (TPSA) is 47.1 Å². The summed E-state index contributed by atoms with van der Waals surface area (Å²) in [7, 11) is 0. The van der Waals surface area contributed by atoms with E-state index >= 15 is 0 Å². The van der Waals surface area contributed by atoms with Gasteiger partial charge in [0.1, 0.15) is 6.33 Å². The Morgan fingerprint density at radius 2 is 2.15 bits per heavy atom. The zero-order chi connectivity index (χ0) is 9.10. The van der Waals surface area contributed by atoms with Crippen LogP contribution >= 0.6 is 0 Å². The van der Waals surface area contributed by atoms with Crippen molar-refractivity contribution in [1.82, 2.24) is 9.66 Å². The average Bonchev–Trinajstić information content (AvgIpc) is 2.70. The number of hydrogen-bond donors (Lipinski definition) is 1. The highest BCUT2D eigenvalue weighted by Crippen LogP contribution is 2.07. The summed E-state index contributed by atoms with van der Waals surface area (Å²) >= 11 is 0. The lowest BCUT2D eigenvalue weighted by molar-refractivity contribution is 0.662. The molecule has 1 aromatic rings. The van der Waals surface area contributed by atoms with E-state index < -0.39 is 0 Å². The van der Waals surface area contributed by atoms with Gasteiger partial charge in [-0.15, -0.1) is 0 Å². The van der Waals surface area contributed by atoms with Gasteiger partial charge in [-0.2, -0.15) is 0 Å². The van der Waals surface area contributed by atoms with E-state index in [-0.39, 0.29) is 0 Å². The van der Waals surface area contributed by atoms with E-state index in [2.05, 4.69) is 20.9 Å². The van der Waals surface area contributed by atoms with Crippen molar-refractivity contribution in [3.8, 4) is 0 Å². The third-order valence-corrected chi connectivity index (χ3v) is 2.43. The molecule has 0 bridgehead atoms. The van der Waals surface area contributed by atoms with Crippen LogP contribution < -0.4 is 10.7 Å². The minimum Gasteiger partial charge on any atom is -0.330 e. The van der Waals surface area contributed by atoms with Crippen LogP contribution in [0.2, 0.25) is 0 Å². The van der Waals surface area contributed by atoms with Crippen molar-refractivity contribution in [2.45, 2.75) is 19.3 Å². The molecule has 13 heavy (non-hydrogen) atoms. The van der Waals surface area contributed by atoms with Crippen LogP contribution in [0.4, 0.5) is 0 Å². The van der Waals surface area contributed by atoms with E-state index in [4.69, 9.17) is 5.73 Å². The van der Waals surface area contributed by atoms with Crippen molar-refractivity contribution in [3.05, 3.63) is 18.2 Å². The molecule has 72 valence electrons. The second-order valence-corrected chi connectivity index (χ2v) is 3.44. The molecule has 0 amide bonds. The highest BCUT2D eigenvalue weighted by atomic mass is 15.6. The van der Waals surface area contributed by atoms with Crippen LogP contribution in [0.15, 0.2) is 12.5 Å². The molecule has 1 aliphatic rings. The number of aromatic nitrogens is 2. The second kappa shape index (κ2) is 3.79. The smallest absolute Gasteiger partial charge is 0.114 e. The van der Waals surface area contributed by atoms with Gasteiger partial charge in [0.15, 0.2) is 0 Å². The molecule has 0 unspecified atom stereocenters. The fraction of sp³-hybridized carbons (Fsp3) is 0.667. The van der Waals surface area contributed by atoms with Gasteiger partial charge in [-0.05, 0) is 19.4 Å². The Morgan fingerprint density at radius 3 is 2.85 bits per heavy atom. The Hall–Kier alpha value is -1.03. The highest BCUT2D eigenvalue weighted by Gasteiger charge is 2.11. The molecule has 4 heteroatoms. The summed E-state index contributed by atoms with van der Waals surface area (Å²) in [6.45, 7) is 2.98. The predicted molar refractivity (Wildman–Crippen MR) is 52.2 cm³/mol. The van der Waals surface area contributed by atoms with Crippen LogP contribution in [-0.4, -0.2) is 29.3 Å². The minimum atomic E-state index is 0.678. The quantitative estimate of drug-likeness (QED) is 0.718. The van der Waals surface area contributed by atoms with Crippen LogP contribution in [0.3, 0.4) is 0 Å². The monoisotopic (exact) mass is 180 g/mol. The molecule has 2 N–H and O–H groups in total. The van der Waals surface area contributed by atoms with E-state index in [9.17, 15) is 0 Å². The molecular weight excluding hydrogens is 164 g/mol. The van der Waals surface area contributed by atoms with Crippen molar-refractivity contribution in [2.75, 3.05) is 24.6 Å². The minimum absolute atomic E-state index is 0.678. The first-order valence-electron chi connectivity index (χ1n) is 4.88. The van der Waals surface area contributed by atoms with Gasteiger partial charge >= 0.3 is 0 Å². The van der Waals surface area contributed by atoms with E-state index in [1.807, 2.05) is 6.33 Å². The summed E-state index contributed by atoms with van der Waals surface area (Å²) in [6, 6.07) is 0. The van der Waals surface area contributed by atoms with Crippen molar-refractivity contribution in [3.63, 3.8) is 0 Å². The fourth-order valence-corrected chi connectivity index (χ4v) is 1.72. The maximum atomic E-state index is 5.46. The van der Waals surface area contributed by atoms with Crippen LogP contribution in [0.25, 0.3) is 0 Å². The molecule has 0 aliphatic carbocycles. The van der Waals surface area contributed by atoms with Crippen molar-refractivity contribution < 1.29 is 0 Å². The van der Waals surface area contributed by atoms with Crippen LogP contribution in [-0.2, 0) is 6.42 Å². The van der Waals surface area contributed by atoms with E-state index in [1.165, 1.54) is 12.8 Å². The number of rotatable bonds is 3. The zero-order valence-corrected chi connectivity index (χ0v) is 7.82. The van der Waals surface area contributed by atoms with Crippen LogP contribution in [0.1, 0.15) is 18.5 Å². The van der Waals surface area contributed by atoms with Gasteiger partial charge in [-0.25, -0.2) is 4.98 Å². The van der Waals surface area contributed by atoms with E-state index in [1.54, 1.807) is 0 Å². The lowest BCUT2D eigenvalue weighted by atomic mass is 10.3. The first-order chi connectivity index (χ1) is 6.40. The van der Waals surface area contributed by atoms with Gasteiger partial charge in [-0.3, -0.25) is 4.68 Å². The van der Waals surface area contributed by atoms with Crippen molar-refractivity contribution in [2.24, 2.45) is 5.73 Å². The zero-order valence-electron chi connectivity index (χ0n) is 7.82. The Bertz CT molecular complexity index is 262. The standard InChI is InChI=1S/C9H16N4/c10-4-3-9-7-13(8-11-9)12-5-1-2-6-12/h7-8H,1-6,10H2. The molecule has 2 rings (SSSR count). The first kappa shape index (κ1) is 8.56. The summed E-state index contributed by atoms with van der Waals surface area (Å²) < 4.78 is 2.10. The van der Waals surface area contributed by atoms with E-state index in [0.29, 0.717) is 6.54 Å². The Morgan fingerprint density at radius 1 is 1.38 bits per heavy atom. The molecule has 1 aliphatic heterocycles. The molecule has 0 saturated carbocycles. The summed E-state index contributed by atoms with van der Waals surface area (Å²) in [5.74, 6) is 0. The third-order valence-electron chi connectivity index (χ3n) is 2.43. The fourth-order valence-electron chi connectivity index (χ4n) is 1.72.